The van der Waals surface area contributed by atoms with Gasteiger partial charge in [0, 0.05) is 29.4 Å². The molecule has 3 aromatic rings. The fourth-order valence-electron chi connectivity index (χ4n) is 2.70. The third kappa shape index (κ3) is 1.90. The number of nitrogens with zero attached hydrogens (tertiary/aromatic N) is 4. The first-order valence-electron chi connectivity index (χ1n) is 6.74. The van der Waals surface area contributed by atoms with E-state index in [4.69, 9.17) is 11.6 Å². The number of nitroso groups, excluding NO2 is 1. The minimum Gasteiger partial charge on any atom is -0.275 e. The van der Waals surface area contributed by atoms with Gasteiger partial charge in [0.25, 0.3) is 0 Å². The summed E-state index contributed by atoms with van der Waals surface area (Å²) in [6.07, 6.45) is 3.76. The van der Waals surface area contributed by atoms with E-state index in [1.807, 2.05) is 55.8 Å². The lowest BCUT2D eigenvalue weighted by Crippen LogP contribution is -1.86. The topological polar surface area (TPSA) is 50.3 Å². The molecule has 2 aromatic carbocycles. The summed E-state index contributed by atoms with van der Waals surface area (Å²) >= 11 is 6.43. The number of rotatable bonds is 3. The second kappa shape index (κ2) is 4.68. The van der Waals surface area contributed by atoms with Crippen molar-refractivity contribution in [2.24, 2.45) is 12.3 Å². The number of hydrogen-bond acceptors (Lipinski definition) is 3. The Bertz CT molecular complexity index is 903. The van der Waals surface area contributed by atoms with Crippen molar-refractivity contribution >= 4 is 23.0 Å². The Labute approximate surface area is 131 Å². The molecule has 0 bridgehead atoms. The molecule has 0 unspecified atom stereocenters. The minimum absolute atomic E-state index is 0.660. The van der Waals surface area contributed by atoms with Gasteiger partial charge in [-0.3, -0.25) is 4.68 Å². The molecular formula is C16H11ClN4O. The SMILES string of the molecule is Cn1cc(-c2cccc(Cl)c2-c2ccc3c(c2)N3N=O)cn1. The van der Waals surface area contributed by atoms with E-state index < -0.39 is 0 Å². The molecule has 2 heterocycles. The molecule has 0 fully saturated rings. The monoisotopic (exact) mass is 310 g/mol. The summed E-state index contributed by atoms with van der Waals surface area (Å²) in [5.74, 6) is 0. The zero-order valence-electron chi connectivity index (χ0n) is 11.7. The van der Waals surface area contributed by atoms with Gasteiger partial charge in [0.15, 0.2) is 0 Å². The van der Waals surface area contributed by atoms with E-state index >= 15 is 0 Å². The number of aromatic nitrogens is 2. The zero-order valence-corrected chi connectivity index (χ0v) is 12.4. The summed E-state index contributed by atoms with van der Waals surface area (Å²) in [7, 11) is 1.88. The molecule has 1 aromatic heterocycles. The Morgan fingerprint density at radius 1 is 1.14 bits per heavy atom. The smallest absolute Gasteiger partial charge is 0.0950 e. The van der Waals surface area contributed by atoms with Crippen LogP contribution >= 0.6 is 11.6 Å². The molecular weight excluding hydrogens is 300 g/mol. The van der Waals surface area contributed by atoms with Crippen molar-refractivity contribution in [1.29, 1.82) is 0 Å². The second-order valence-electron chi connectivity index (χ2n) is 5.16. The Morgan fingerprint density at radius 3 is 2.73 bits per heavy atom. The van der Waals surface area contributed by atoms with Crippen molar-refractivity contribution in [3.05, 3.63) is 58.7 Å². The number of hydrogen-bond donors (Lipinski definition) is 0. The minimum atomic E-state index is 0.660. The lowest BCUT2D eigenvalue weighted by Gasteiger charge is -2.10. The van der Waals surface area contributed by atoms with Gasteiger partial charge in [-0.25, -0.2) is 0 Å². The van der Waals surface area contributed by atoms with Crippen LogP contribution in [0.2, 0.25) is 5.02 Å². The molecule has 0 N–H and O–H groups in total. The fraction of sp³-hybridized carbons (Fsp3) is 0.0625. The molecule has 0 spiro atoms. The standard InChI is InChI=1S/C16H11ClN4O/c1-20-9-11(8-18-20)12-3-2-4-13(17)16(12)10-5-6-14-15(7-10)21(14)19-22/h2-9H,1H3. The van der Waals surface area contributed by atoms with Crippen LogP contribution in [0.1, 0.15) is 0 Å². The summed E-state index contributed by atoms with van der Waals surface area (Å²) in [6.45, 7) is 0. The highest BCUT2D eigenvalue weighted by Gasteiger charge is 2.31. The van der Waals surface area contributed by atoms with E-state index in [0.29, 0.717) is 5.02 Å². The fourth-order valence-corrected chi connectivity index (χ4v) is 2.98. The van der Waals surface area contributed by atoms with Crippen LogP contribution in [-0.2, 0) is 7.05 Å². The summed E-state index contributed by atoms with van der Waals surface area (Å²) in [6, 6.07) is 11.5. The van der Waals surface area contributed by atoms with E-state index in [0.717, 1.165) is 33.6 Å². The van der Waals surface area contributed by atoms with Crippen LogP contribution in [0.25, 0.3) is 22.3 Å². The predicted molar refractivity (Wildman–Crippen MR) is 87.0 cm³/mol. The third-order valence-corrected chi connectivity index (χ3v) is 4.10. The molecule has 4 rings (SSSR count). The van der Waals surface area contributed by atoms with Crippen LogP contribution in [0.3, 0.4) is 0 Å². The first-order valence-corrected chi connectivity index (χ1v) is 7.12. The number of aryl methyl sites for hydroxylation is 1. The molecule has 6 heteroatoms. The number of anilines is 2. The molecule has 5 nitrogen and oxygen atoms in total. The normalized spacial score (nSPS) is 12.2. The molecule has 108 valence electrons. The highest BCUT2D eigenvalue weighted by molar-refractivity contribution is 6.34. The first kappa shape index (κ1) is 13.0. The van der Waals surface area contributed by atoms with Crippen LogP contribution < -0.4 is 5.01 Å². The van der Waals surface area contributed by atoms with Gasteiger partial charge in [-0.05, 0) is 29.3 Å². The van der Waals surface area contributed by atoms with Crippen molar-refractivity contribution in [2.75, 3.05) is 5.01 Å². The molecule has 0 radical (unpaired) electrons. The summed E-state index contributed by atoms with van der Waals surface area (Å²) in [5, 5.41) is 9.19. The summed E-state index contributed by atoms with van der Waals surface area (Å²) in [5.41, 5.74) is 5.55. The molecule has 0 aliphatic carbocycles. The van der Waals surface area contributed by atoms with Crippen LogP contribution in [-0.4, -0.2) is 9.78 Å². The van der Waals surface area contributed by atoms with Gasteiger partial charge in [0.05, 0.1) is 22.9 Å². The molecule has 22 heavy (non-hydrogen) atoms. The van der Waals surface area contributed by atoms with Crippen LogP contribution in [0.5, 0.6) is 0 Å². The number of fused-ring (bicyclic) bond motifs is 1. The van der Waals surface area contributed by atoms with Crippen LogP contribution in [0.15, 0.2) is 54.1 Å². The van der Waals surface area contributed by atoms with Crippen molar-refractivity contribution in [2.45, 2.75) is 0 Å². The molecule has 0 atom stereocenters. The predicted octanol–water partition coefficient (Wildman–Crippen LogP) is 4.54. The van der Waals surface area contributed by atoms with Crippen molar-refractivity contribution < 1.29 is 0 Å². The molecule has 0 amide bonds. The summed E-state index contributed by atoms with van der Waals surface area (Å²) in [4.78, 5) is 10.7. The largest absolute Gasteiger partial charge is 0.275 e. The maximum Gasteiger partial charge on any atom is 0.0950 e. The van der Waals surface area contributed by atoms with E-state index in [9.17, 15) is 4.91 Å². The highest BCUT2D eigenvalue weighted by atomic mass is 35.5. The van der Waals surface area contributed by atoms with E-state index in [-0.39, 0.29) is 0 Å². The van der Waals surface area contributed by atoms with Gasteiger partial charge >= 0.3 is 0 Å². The lowest BCUT2D eigenvalue weighted by molar-refractivity contribution is 0.768. The average Bonchev–Trinajstić information content (AvgIpc) is 3.06. The highest BCUT2D eigenvalue weighted by Crippen LogP contribution is 2.51. The Kier molecular flexibility index (Phi) is 2.77. The van der Waals surface area contributed by atoms with E-state index in [1.54, 1.807) is 4.68 Å². The Morgan fingerprint density at radius 2 is 2.00 bits per heavy atom. The van der Waals surface area contributed by atoms with Gasteiger partial charge in [-0.2, -0.15) is 10.1 Å². The van der Waals surface area contributed by atoms with Gasteiger partial charge in [0.2, 0.25) is 0 Å². The molecule has 0 saturated heterocycles. The number of benzene rings is 2. The third-order valence-electron chi connectivity index (χ3n) is 3.78. The average molecular weight is 311 g/mol. The molecule has 1 aliphatic heterocycles. The van der Waals surface area contributed by atoms with Crippen molar-refractivity contribution in [3.8, 4) is 22.3 Å². The van der Waals surface area contributed by atoms with Gasteiger partial charge in [-0.15, -0.1) is 4.91 Å². The van der Waals surface area contributed by atoms with E-state index in [2.05, 4.69) is 10.4 Å². The maximum atomic E-state index is 10.7. The van der Waals surface area contributed by atoms with Crippen molar-refractivity contribution in [3.63, 3.8) is 0 Å². The first-order chi connectivity index (χ1) is 10.7. The zero-order chi connectivity index (χ0) is 15.3. The van der Waals surface area contributed by atoms with Crippen LogP contribution in [0.4, 0.5) is 11.4 Å². The second-order valence-corrected chi connectivity index (χ2v) is 5.57. The van der Waals surface area contributed by atoms with Gasteiger partial charge < -0.3 is 0 Å². The van der Waals surface area contributed by atoms with Gasteiger partial charge in [0.1, 0.15) is 0 Å². The van der Waals surface area contributed by atoms with Crippen molar-refractivity contribution in [1.82, 2.24) is 9.78 Å². The van der Waals surface area contributed by atoms with E-state index in [1.165, 1.54) is 5.01 Å². The molecule has 0 saturated carbocycles. The lowest BCUT2D eigenvalue weighted by atomic mass is 9.96. The summed E-state index contributed by atoms with van der Waals surface area (Å²) < 4.78 is 1.75. The van der Waals surface area contributed by atoms with Crippen LogP contribution in [0, 0.1) is 4.91 Å². The Balaban J connectivity index is 1.89. The Hall–Kier alpha value is -2.66. The molecule has 1 aliphatic rings. The van der Waals surface area contributed by atoms with Gasteiger partial charge in [-0.1, -0.05) is 29.8 Å². The maximum absolute atomic E-state index is 10.7. The number of halogens is 1. The quantitative estimate of drug-likeness (QED) is 0.527.